The zero-order valence-electron chi connectivity index (χ0n) is 22.0. The zero-order chi connectivity index (χ0) is 28.9. The number of hydrogen-bond donors (Lipinski definition) is 1. The van der Waals surface area contributed by atoms with Crippen molar-refractivity contribution in [3.63, 3.8) is 0 Å². The van der Waals surface area contributed by atoms with E-state index in [2.05, 4.69) is 5.32 Å². The van der Waals surface area contributed by atoms with Gasteiger partial charge in [0, 0.05) is 12.6 Å². The largest absolute Gasteiger partial charge is 0.352 e. The Morgan fingerprint density at radius 2 is 1.54 bits per heavy atom. The molecule has 0 heterocycles. The van der Waals surface area contributed by atoms with Gasteiger partial charge in [0.1, 0.15) is 18.4 Å². The molecule has 0 aliphatic carbocycles. The van der Waals surface area contributed by atoms with E-state index in [9.17, 15) is 22.4 Å². The molecule has 0 radical (unpaired) electrons. The van der Waals surface area contributed by atoms with Crippen LogP contribution in [0.25, 0.3) is 0 Å². The van der Waals surface area contributed by atoms with Gasteiger partial charge in [-0.2, -0.15) is 0 Å². The summed E-state index contributed by atoms with van der Waals surface area (Å²) < 4.78 is 41.9. The molecule has 39 heavy (non-hydrogen) atoms. The van der Waals surface area contributed by atoms with Gasteiger partial charge in [-0.25, -0.2) is 12.8 Å². The molecule has 2 amide bonds. The molecule has 0 spiro atoms. The Morgan fingerprint density at radius 1 is 0.923 bits per heavy atom. The predicted molar refractivity (Wildman–Crippen MR) is 152 cm³/mol. The molecular weight excluding hydrogens is 564 g/mol. The highest BCUT2D eigenvalue weighted by Crippen LogP contribution is 2.26. The van der Waals surface area contributed by atoms with Gasteiger partial charge < -0.3 is 10.2 Å². The van der Waals surface area contributed by atoms with Crippen molar-refractivity contribution in [3.8, 4) is 0 Å². The van der Waals surface area contributed by atoms with E-state index < -0.39 is 40.2 Å². The van der Waals surface area contributed by atoms with Crippen molar-refractivity contribution in [3.05, 3.63) is 93.7 Å². The number of amides is 2. The molecule has 0 aromatic heterocycles. The van der Waals surface area contributed by atoms with Crippen LogP contribution in [-0.2, 0) is 26.2 Å². The third kappa shape index (κ3) is 7.71. The summed E-state index contributed by atoms with van der Waals surface area (Å²) in [6, 6.07) is 14.7. The molecule has 1 N–H and O–H groups in total. The number of anilines is 1. The van der Waals surface area contributed by atoms with Crippen LogP contribution < -0.4 is 9.62 Å². The van der Waals surface area contributed by atoms with Crippen molar-refractivity contribution in [1.29, 1.82) is 0 Å². The molecule has 0 unspecified atom stereocenters. The Hall–Kier alpha value is -3.14. The van der Waals surface area contributed by atoms with Gasteiger partial charge in [-0.1, -0.05) is 47.0 Å². The number of nitrogens with one attached hydrogen (secondary N) is 1. The number of aryl methyl sites for hydroxylation is 1. The fourth-order valence-electron chi connectivity index (χ4n) is 3.80. The molecule has 0 aliphatic rings. The minimum Gasteiger partial charge on any atom is -0.352 e. The number of hydrogen-bond acceptors (Lipinski definition) is 4. The highest BCUT2D eigenvalue weighted by molar-refractivity contribution is 7.92. The molecule has 0 aliphatic heterocycles. The van der Waals surface area contributed by atoms with Crippen molar-refractivity contribution < 1.29 is 22.4 Å². The Balaban J connectivity index is 2.04. The molecule has 7 nitrogen and oxygen atoms in total. The van der Waals surface area contributed by atoms with Crippen molar-refractivity contribution in [1.82, 2.24) is 10.2 Å². The maximum atomic E-state index is 13.8. The highest BCUT2D eigenvalue weighted by atomic mass is 35.5. The Bertz CT molecular complexity index is 1430. The first-order valence-corrected chi connectivity index (χ1v) is 14.4. The van der Waals surface area contributed by atoms with Crippen LogP contribution in [0.15, 0.2) is 71.6 Å². The highest BCUT2D eigenvalue weighted by Gasteiger charge is 2.32. The Morgan fingerprint density at radius 3 is 2.10 bits per heavy atom. The van der Waals surface area contributed by atoms with Crippen molar-refractivity contribution in [2.24, 2.45) is 0 Å². The zero-order valence-corrected chi connectivity index (χ0v) is 24.3. The van der Waals surface area contributed by atoms with Gasteiger partial charge in [0.2, 0.25) is 11.8 Å². The van der Waals surface area contributed by atoms with Crippen LogP contribution in [-0.4, -0.2) is 43.8 Å². The molecule has 0 bridgehead atoms. The Kier molecular flexibility index (Phi) is 9.98. The third-order valence-corrected chi connectivity index (χ3v) is 8.46. The summed E-state index contributed by atoms with van der Waals surface area (Å²) in [7, 11) is -4.28. The maximum absolute atomic E-state index is 13.8. The molecule has 0 fully saturated rings. The second-order valence-corrected chi connectivity index (χ2v) is 12.1. The van der Waals surface area contributed by atoms with Crippen molar-refractivity contribution >= 4 is 50.7 Å². The van der Waals surface area contributed by atoms with E-state index in [1.165, 1.54) is 4.90 Å². The van der Waals surface area contributed by atoms with Gasteiger partial charge in [-0.15, -0.1) is 0 Å². The number of nitrogens with zero attached hydrogens (tertiary/aromatic N) is 2. The number of halogens is 3. The summed E-state index contributed by atoms with van der Waals surface area (Å²) in [4.78, 5) is 27.9. The minimum atomic E-state index is -4.28. The van der Waals surface area contributed by atoms with Gasteiger partial charge in [0.25, 0.3) is 10.0 Å². The molecule has 3 aromatic rings. The average Bonchev–Trinajstić information content (AvgIpc) is 2.87. The lowest BCUT2D eigenvalue weighted by Gasteiger charge is -2.32. The van der Waals surface area contributed by atoms with Crippen LogP contribution in [0.3, 0.4) is 0 Å². The SMILES string of the molecule is Cc1ccc(N(CC(=O)N(Cc2ccc(Cl)c(Cl)c2)[C@@H](C)C(=O)NC(C)C)S(=O)(=O)c2ccc(F)cc2)cc1. The Labute approximate surface area is 238 Å². The molecule has 0 saturated carbocycles. The molecule has 0 saturated heterocycles. The monoisotopic (exact) mass is 593 g/mol. The molecule has 1 atom stereocenters. The van der Waals surface area contributed by atoms with Crippen LogP contribution in [0.2, 0.25) is 10.0 Å². The second kappa shape index (κ2) is 12.8. The van der Waals surface area contributed by atoms with E-state index in [0.29, 0.717) is 10.6 Å². The number of rotatable bonds is 10. The number of benzene rings is 3. The van der Waals surface area contributed by atoms with Gasteiger partial charge >= 0.3 is 0 Å². The molecule has 11 heteroatoms. The van der Waals surface area contributed by atoms with Crippen LogP contribution >= 0.6 is 23.2 Å². The first-order chi connectivity index (χ1) is 18.3. The topological polar surface area (TPSA) is 86.8 Å². The predicted octanol–water partition coefficient (Wildman–Crippen LogP) is 5.58. The van der Waals surface area contributed by atoms with Crippen LogP contribution in [0.4, 0.5) is 10.1 Å². The fourth-order valence-corrected chi connectivity index (χ4v) is 5.53. The normalized spacial score (nSPS) is 12.2. The van der Waals surface area contributed by atoms with E-state index in [4.69, 9.17) is 23.2 Å². The van der Waals surface area contributed by atoms with Crippen LogP contribution in [0.1, 0.15) is 31.9 Å². The molecule has 3 rings (SSSR count). The lowest BCUT2D eigenvalue weighted by molar-refractivity contribution is -0.139. The lowest BCUT2D eigenvalue weighted by atomic mass is 10.1. The van der Waals surface area contributed by atoms with Crippen molar-refractivity contribution in [2.45, 2.75) is 51.2 Å². The number of carbonyl (C=O) groups excluding carboxylic acids is 2. The lowest BCUT2D eigenvalue weighted by Crippen LogP contribution is -2.52. The second-order valence-electron chi connectivity index (χ2n) is 9.41. The first-order valence-electron chi connectivity index (χ1n) is 12.2. The third-order valence-electron chi connectivity index (χ3n) is 5.94. The summed E-state index contributed by atoms with van der Waals surface area (Å²) in [6.07, 6.45) is 0. The van der Waals surface area contributed by atoms with E-state index in [1.54, 1.807) is 63.2 Å². The summed E-state index contributed by atoms with van der Waals surface area (Å²) >= 11 is 12.2. The summed E-state index contributed by atoms with van der Waals surface area (Å²) in [5, 5.41) is 3.40. The first kappa shape index (κ1) is 30.4. The van der Waals surface area contributed by atoms with Gasteiger partial charge in [-0.3, -0.25) is 13.9 Å². The van der Waals surface area contributed by atoms with Crippen LogP contribution in [0, 0.1) is 12.7 Å². The summed E-state index contributed by atoms with van der Waals surface area (Å²) in [5.41, 5.74) is 1.74. The van der Waals surface area contributed by atoms with E-state index >= 15 is 0 Å². The maximum Gasteiger partial charge on any atom is 0.264 e. The van der Waals surface area contributed by atoms with Gasteiger partial charge in [0.15, 0.2) is 0 Å². The standard InChI is InChI=1S/C28H30Cl2FN3O4S/c1-18(2)32-28(36)20(4)33(16-21-7-14-25(29)26(30)15-21)27(35)17-34(23-10-5-19(3)6-11-23)39(37,38)24-12-8-22(31)9-13-24/h5-15,18,20H,16-17H2,1-4H3,(H,32,36)/t20-/m0/s1. The molecule has 208 valence electrons. The summed E-state index contributed by atoms with van der Waals surface area (Å²) in [6.45, 7) is 6.37. The van der Waals surface area contributed by atoms with E-state index in [0.717, 1.165) is 34.1 Å². The number of sulfonamides is 1. The molecule has 3 aromatic carbocycles. The van der Waals surface area contributed by atoms with E-state index in [1.807, 2.05) is 6.92 Å². The van der Waals surface area contributed by atoms with Crippen molar-refractivity contribution in [2.75, 3.05) is 10.8 Å². The smallest absolute Gasteiger partial charge is 0.264 e. The van der Waals surface area contributed by atoms with Crippen LogP contribution in [0.5, 0.6) is 0 Å². The minimum absolute atomic E-state index is 0.0270. The average molecular weight is 595 g/mol. The quantitative estimate of drug-likeness (QED) is 0.332. The number of carbonyl (C=O) groups is 2. The molecular formula is C28H30Cl2FN3O4S. The summed E-state index contributed by atoms with van der Waals surface area (Å²) in [5.74, 6) is -1.62. The van der Waals surface area contributed by atoms with Gasteiger partial charge in [0.05, 0.1) is 20.6 Å². The van der Waals surface area contributed by atoms with E-state index in [-0.39, 0.29) is 28.2 Å². The van der Waals surface area contributed by atoms with Gasteiger partial charge in [-0.05, 0) is 81.8 Å². The fraction of sp³-hybridized carbons (Fsp3) is 0.286.